The zero-order chi connectivity index (χ0) is 14.2. The molecule has 0 saturated heterocycles. The third-order valence-electron chi connectivity index (χ3n) is 3.51. The molecule has 1 aliphatic heterocycles. The Morgan fingerprint density at radius 1 is 1.42 bits per heavy atom. The summed E-state index contributed by atoms with van der Waals surface area (Å²) in [7, 11) is -3.33. The molecule has 0 saturated carbocycles. The van der Waals surface area contributed by atoms with Crippen LogP contribution in [0.2, 0.25) is 0 Å². The Balaban J connectivity index is 2.37. The van der Waals surface area contributed by atoms with Gasteiger partial charge >= 0.3 is 5.97 Å². The van der Waals surface area contributed by atoms with E-state index in [0.717, 1.165) is 11.1 Å². The molecule has 0 amide bonds. The van der Waals surface area contributed by atoms with E-state index in [1.54, 1.807) is 12.1 Å². The van der Waals surface area contributed by atoms with Crippen LogP contribution in [0.3, 0.4) is 0 Å². The van der Waals surface area contributed by atoms with E-state index in [9.17, 15) is 13.2 Å². The molecule has 2 N–H and O–H groups in total. The first kappa shape index (κ1) is 13.9. The molecule has 0 fully saturated rings. The fraction of sp³-hybridized carbons (Fsp3) is 0.462. The van der Waals surface area contributed by atoms with Gasteiger partial charge in [-0.1, -0.05) is 6.07 Å². The molecule has 0 bridgehead atoms. The van der Waals surface area contributed by atoms with E-state index in [4.69, 9.17) is 5.11 Å². The number of carbonyl (C=O) groups is 1. The molecule has 2 rings (SSSR count). The highest BCUT2D eigenvalue weighted by Crippen LogP contribution is 2.33. The first-order valence-corrected chi connectivity index (χ1v) is 7.78. The van der Waals surface area contributed by atoms with Crippen molar-refractivity contribution in [1.29, 1.82) is 0 Å². The first-order chi connectivity index (χ1) is 8.81. The van der Waals surface area contributed by atoms with Gasteiger partial charge in [0.15, 0.2) is 9.84 Å². The van der Waals surface area contributed by atoms with Gasteiger partial charge in [0, 0.05) is 12.5 Å². The van der Waals surface area contributed by atoms with E-state index in [2.05, 4.69) is 5.32 Å². The highest BCUT2D eigenvalue weighted by Gasteiger charge is 2.31. The van der Waals surface area contributed by atoms with Gasteiger partial charge in [-0.15, -0.1) is 0 Å². The monoisotopic (exact) mass is 283 g/mol. The van der Waals surface area contributed by atoms with E-state index in [0.29, 0.717) is 17.0 Å². The molecular formula is C13H17NO4S. The summed E-state index contributed by atoms with van der Waals surface area (Å²) in [6.45, 7) is 3.79. The normalized spacial score (nSPS) is 20.4. The van der Waals surface area contributed by atoms with Gasteiger partial charge in [-0.05, 0) is 37.5 Å². The molecule has 0 spiro atoms. The number of nitrogens with one attached hydrogen (secondary N) is 1. The summed E-state index contributed by atoms with van der Waals surface area (Å²) in [6, 6.07) is 3.08. The fourth-order valence-electron chi connectivity index (χ4n) is 2.28. The summed E-state index contributed by atoms with van der Waals surface area (Å²) < 4.78 is 24.4. The zero-order valence-corrected chi connectivity index (χ0v) is 11.8. The van der Waals surface area contributed by atoms with E-state index in [1.165, 1.54) is 0 Å². The topological polar surface area (TPSA) is 83.5 Å². The van der Waals surface area contributed by atoms with Crippen LogP contribution in [0.15, 0.2) is 17.0 Å². The molecule has 0 radical (unpaired) electrons. The third kappa shape index (κ3) is 2.73. The molecule has 104 valence electrons. The quantitative estimate of drug-likeness (QED) is 0.882. The number of benzene rings is 1. The van der Waals surface area contributed by atoms with Crippen LogP contribution in [-0.2, 0) is 14.6 Å². The van der Waals surface area contributed by atoms with Crippen molar-refractivity contribution in [2.24, 2.45) is 0 Å². The van der Waals surface area contributed by atoms with Gasteiger partial charge in [0.25, 0.3) is 0 Å². The lowest BCUT2D eigenvalue weighted by Crippen LogP contribution is -2.35. The highest BCUT2D eigenvalue weighted by atomic mass is 32.2. The van der Waals surface area contributed by atoms with Crippen LogP contribution in [0.4, 0.5) is 5.69 Å². The largest absolute Gasteiger partial charge is 0.481 e. The number of fused-ring (bicyclic) bond motifs is 1. The van der Waals surface area contributed by atoms with Crippen molar-refractivity contribution >= 4 is 21.5 Å². The number of hydrogen-bond acceptors (Lipinski definition) is 4. The Kier molecular flexibility index (Phi) is 3.54. The van der Waals surface area contributed by atoms with Crippen LogP contribution in [0.5, 0.6) is 0 Å². The summed E-state index contributed by atoms with van der Waals surface area (Å²) in [5, 5.41) is 11.9. The van der Waals surface area contributed by atoms with E-state index >= 15 is 0 Å². The molecule has 1 aromatic carbocycles. The van der Waals surface area contributed by atoms with Crippen molar-refractivity contribution in [2.45, 2.75) is 37.6 Å². The molecule has 0 aromatic heterocycles. The average molecular weight is 283 g/mol. The molecule has 0 aliphatic carbocycles. The smallest absolute Gasteiger partial charge is 0.303 e. The summed E-state index contributed by atoms with van der Waals surface area (Å²) in [5.74, 6) is -0.957. The molecule has 1 heterocycles. The molecule has 6 heteroatoms. The lowest BCUT2D eigenvalue weighted by molar-refractivity contribution is -0.137. The molecule has 1 atom stereocenters. The predicted octanol–water partition coefficient (Wildman–Crippen LogP) is 1.74. The van der Waals surface area contributed by atoms with Crippen molar-refractivity contribution < 1.29 is 18.3 Å². The number of aryl methyl sites for hydroxylation is 1. The summed E-state index contributed by atoms with van der Waals surface area (Å²) in [5.41, 5.74) is 2.54. The number of carboxylic acids is 1. The Bertz CT molecular complexity index is 622. The van der Waals surface area contributed by atoms with Gasteiger partial charge < -0.3 is 10.4 Å². The summed E-state index contributed by atoms with van der Waals surface area (Å²) >= 11 is 0. The van der Waals surface area contributed by atoms with Gasteiger partial charge in [0.05, 0.1) is 16.3 Å². The van der Waals surface area contributed by atoms with Crippen molar-refractivity contribution in [3.63, 3.8) is 0 Å². The van der Waals surface area contributed by atoms with E-state index in [-0.39, 0.29) is 18.2 Å². The highest BCUT2D eigenvalue weighted by molar-refractivity contribution is 7.91. The van der Waals surface area contributed by atoms with E-state index in [1.807, 2.05) is 13.8 Å². The van der Waals surface area contributed by atoms with Gasteiger partial charge in [-0.2, -0.15) is 0 Å². The molecular weight excluding hydrogens is 266 g/mol. The van der Waals surface area contributed by atoms with Gasteiger partial charge in [-0.3, -0.25) is 4.79 Å². The van der Waals surface area contributed by atoms with Crippen molar-refractivity contribution in [1.82, 2.24) is 0 Å². The van der Waals surface area contributed by atoms with Crippen LogP contribution in [0.1, 0.15) is 24.0 Å². The SMILES string of the molecule is Cc1ccc2c(c1C)NC(CCC(=O)O)CS2(=O)=O. The standard InChI is InChI=1S/C13H17NO4S/c1-8-3-5-11-13(9(8)2)14-10(4-6-12(15)16)7-19(11,17)18/h3,5,10,14H,4,6-7H2,1-2H3,(H,15,16). The number of aliphatic carboxylic acids is 1. The Morgan fingerprint density at radius 2 is 2.11 bits per heavy atom. The Hall–Kier alpha value is -1.56. The van der Waals surface area contributed by atoms with Crippen molar-refractivity contribution in [2.75, 3.05) is 11.1 Å². The molecule has 1 aliphatic rings. The minimum atomic E-state index is -3.33. The van der Waals surface area contributed by atoms with Crippen molar-refractivity contribution in [3.05, 3.63) is 23.3 Å². The van der Waals surface area contributed by atoms with E-state index < -0.39 is 15.8 Å². The third-order valence-corrected chi connectivity index (χ3v) is 5.36. The number of sulfone groups is 1. The number of anilines is 1. The Morgan fingerprint density at radius 3 is 2.74 bits per heavy atom. The average Bonchev–Trinajstić information content (AvgIpc) is 2.31. The van der Waals surface area contributed by atoms with Crippen LogP contribution >= 0.6 is 0 Å². The maximum atomic E-state index is 12.2. The van der Waals surface area contributed by atoms with Crippen LogP contribution in [0, 0.1) is 13.8 Å². The van der Waals surface area contributed by atoms with Crippen molar-refractivity contribution in [3.8, 4) is 0 Å². The number of carboxylic acid groups (broad SMARTS) is 1. The minimum absolute atomic E-state index is 0.0343. The molecule has 19 heavy (non-hydrogen) atoms. The van der Waals surface area contributed by atoms with Crippen LogP contribution < -0.4 is 5.32 Å². The lowest BCUT2D eigenvalue weighted by atomic mass is 10.1. The fourth-order valence-corrected chi connectivity index (χ4v) is 4.04. The second kappa shape index (κ2) is 4.85. The second-order valence-corrected chi connectivity index (χ2v) is 6.94. The predicted molar refractivity (Wildman–Crippen MR) is 72.2 cm³/mol. The van der Waals surface area contributed by atoms with Gasteiger partial charge in [-0.25, -0.2) is 8.42 Å². The van der Waals surface area contributed by atoms with Gasteiger partial charge in [0.2, 0.25) is 0 Å². The van der Waals surface area contributed by atoms with Crippen LogP contribution in [0.25, 0.3) is 0 Å². The van der Waals surface area contributed by atoms with Gasteiger partial charge in [0.1, 0.15) is 0 Å². The number of rotatable bonds is 3. The molecule has 1 aromatic rings. The Labute approximate surface area is 112 Å². The lowest BCUT2D eigenvalue weighted by Gasteiger charge is -2.28. The minimum Gasteiger partial charge on any atom is -0.481 e. The second-order valence-electron chi connectivity index (χ2n) is 4.94. The first-order valence-electron chi connectivity index (χ1n) is 6.12. The number of hydrogen-bond donors (Lipinski definition) is 2. The van der Waals surface area contributed by atoms with Crippen LogP contribution in [-0.4, -0.2) is 31.3 Å². The maximum Gasteiger partial charge on any atom is 0.303 e. The molecule has 1 unspecified atom stereocenters. The molecule has 5 nitrogen and oxygen atoms in total. The maximum absolute atomic E-state index is 12.2. The zero-order valence-electron chi connectivity index (χ0n) is 10.9. The summed E-state index contributed by atoms with van der Waals surface area (Å²) in [6.07, 6.45) is 0.273. The summed E-state index contributed by atoms with van der Waals surface area (Å²) in [4.78, 5) is 10.9.